The zero-order valence-corrected chi connectivity index (χ0v) is 17.1. The first-order valence-corrected chi connectivity index (χ1v) is 10.1. The highest BCUT2D eigenvalue weighted by atomic mass is 19.4. The number of esters is 1. The van der Waals surface area contributed by atoms with Gasteiger partial charge in [0.1, 0.15) is 0 Å². The van der Waals surface area contributed by atoms with Crippen molar-refractivity contribution in [2.24, 2.45) is 5.41 Å². The van der Waals surface area contributed by atoms with E-state index in [-0.39, 0.29) is 26.1 Å². The Hall–Kier alpha value is -2.87. The molecule has 0 bridgehead atoms. The van der Waals surface area contributed by atoms with E-state index in [1.807, 2.05) is 30.3 Å². The third kappa shape index (κ3) is 3.80. The summed E-state index contributed by atoms with van der Waals surface area (Å²) in [6.07, 6.45) is -4.54. The number of amides is 1. The van der Waals surface area contributed by atoms with Crippen LogP contribution in [0.2, 0.25) is 0 Å². The standard InChI is InChI=1S/C23H23F3N2O3/c1-31-20(29)18-7-8-19-17(13-18)9-11-28(19)21(30)22(23(24,25)26)10-12-27(15-22)14-16-5-3-2-4-6-16/h2-8,13H,9-12,14-15H2,1H3. The lowest BCUT2D eigenvalue weighted by atomic mass is 9.84. The van der Waals surface area contributed by atoms with Gasteiger partial charge >= 0.3 is 12.1 Å². The summed E-state index contributed by atoms with van der Waals surface area (Å²) in [6, 6.07) is 13.9. The molecule has 0 N–H and O–H groups in total. The van der Waals surface area contributed by atoms with E-state index in [9.17, 15) is 22.8 Å². The van der Waals surface area contributed by atoms with Gasteiger partial charge in [0, 0.05) is 25.3 Å². The van der Waals surface area contributed by atoms with Gasteiger partial charge in [0.05, 0.1) is 12.7 Å². The molecule has 2 aliphatic rings. The average molecular weight is 432 g/mol. The number of carbonyl (C=O) groups excluding carboxylic acids is 2. The van der Waals surface area contributed by atoms with E-state index < -0.39 is 23.5 Å². The van der Waals surface area contributed by atoms with Crippen LogP contribution in [0, 0.1) is 5.41 Å². The second-order valence-corrected chi connectivity index (χ2v) is 8.07. The van der Waals surface area contributed by atoms with Gasteiger partial charge in [-0.25, -0.2) is 4.79 Å². The summed E-state index contributed by atoms with van der Waals surface area (Å²) in [5, 5.41) is 0. The number of halogens is 3. The van der Waals surface area contributed by atoms with Crippen molar-refractivity contribution in [2.75, 3.05) is 31.6 Å². The van der Waals surface area contributed by atoms with Crippen molar-refractivity contribution >= 4 is 17.6 Å². The summed E-state index contributed by atoms with van der Waals surface area (Å²) < 4.78 is 47.6. The molecule has 2 heterocycles. The molecule has 2 aromatic rings. The number of hydrogen-bond acceptors (Lipinski definition) is 4. The number of benzene rings is 2. The fourth-order valence-corrected chi connectivity index (χ4v) is 4.51. The zero-order chi connectivity index (χ0) is 22.2. The topological polar surface area (TPSA) is 49.9 Å². The van der Waals surface area contributed by atoms with Crippen molar-refractivity contribution in [3.63, 3.8) is 0 Å². The Morgan fingerprint density at radius 3 is 2.52 bits per heavy atom. The Bertz CT molecular complexity index is 993. The monoisotopic (exact) mass is 432 g/mol. The van der Waals surface area contributed by atoms with Gasteiger partial charge in [0.25, 0.3) is 0 Å². The second-order valence-electron chi connectivity index (χ2n) is 8.07. The van der Waals surface area contributed by atoms with Crippen LogP contribution in [-0.4, -0.2) is 49.7 Å². The fraction of sp³-hybridized carbons (Fsp3) is 0.391. The molecule has 0 aromatic heterocycles. The summed E-state index contributed by atoms with van der Waals surface area (Å²) in [4.78, 5) is 28.0. The number of ether oxygens (including phenoxy) is 1. The quantitative estimate of drug-likeness (QED) is 0.690. The minimum absolute atomic E-state index is 0.162. The normalized spacial score (nSPS) is 21.2. The molecule has 5 nitrogen and oxygen atoms in total. The summed E-state index contributed by atoms with van der Waals surface area (Å²) >= 11 is 0. The van der Waals surface area contributed by atoms with Crippen LogP contribution in [0.3, 0.4) is 0 Å². The van der Waals surface area contributed by atoms with E-state index >= 15 is 0 Å². The molecule has 164 valence electrons. The van der Waals surface area contributed by atoms with Crippen LogP contribution in [0.25, 0.3) is 0 Å². The number of fused-ring (bicyclic) bond motifs is 1. The van der Waals surface area contributed by atoms with Crippen LogP contribution >= 0.6 is 0 Å². The molecule has 4 rings (SSSR count). The van der Waals surface area contributed by atoms with Gasteiger partial charge in [-0.2, -0.15) is 13.2 Å². The van der Waals surface area contributed by atoms with E-state index in [0.717, 1.165) is 5.56 Å². The van der Waals surface area contributed by atoms with Crippen LogP contribution < -0.4 is 4.90 Å². The van der Waals surface area contributed by atoms with Gasteiger partial charge in [-0.15, -0.1) is 0 Å². The average Bonchev–Trinajstić information content (AvgIpc) is 3.38. The Kier molecular flexibility index (Phi) is 5.51. The lowest BCUT2D eigenvalue weighted by molar-refractivity contribution is -0.216. The largest absolute Gasteiger partial charge is 0.465 e. The number of alkyl halides is 3. The van der Waals surface area contributed by atoms with Crippen molar-refractivity contribution in [3.05, 3.63) is 65.2 Å². The lowest BCUT2D eigenvalue weighted by Crippen LogP contribution is -2.53. The third-order valence-electron chi connectivity index (χ3n) is 6.19. The van der Waals surface area contributed by atoms with E-state index in [2.05, 4.69) is 0 Å². The van der Waals surface area contributed by atoms with E-state index in [1.54, 1.807) is 11.0 Å². The number of rotatable bonds is 4. The third-order valence-corrected chi connectivity index (χ3v) is 6.19. The van der Waals surface area contributed by atoms with Gasteiger partial charge < -0.3 is 9.64 Å². The van der Waals surface area contributed by atoms with Gasteiger partial charge in [0.2, 0.25) is 5.91 Å². The highest BCUT2D eigenvalue weighted by molar-refractivity contribution is 6.01. The van der Waals surface area contributed by atoms with Crippen LogP contribution in [0.5, 0.6) is 0 Å². The molecule has 31 heavy (non-hydrogen) atoms. The van der Waals surface area contributed by atoms with Crippen molar-refractivity contribution in [1.29, 1.82) is 0 Å². The second kappa shape index (κ2) is 8.00. The van der Waals surface area contributed by atoms with Gasteiger partial charge in [0.15, 0.2) is 5.41 Å². The number of anilines is 1. The number of methoxy groups -OCH3 is 1. The van der Waals surface area contributed by atoms with Gasteiger partial charge in [-0.3, -0.25) is 9.69 Å². The van der Waals surface area contributed by atoms with Gasteiger partial charge in [-0.1, -0.05) is 30.3 Å². The number of nitrogens with zero attached hydrogens (tertiary/aromatic N) is 2. The molecular weight excluding hydrogens is 409 g/mol. The van der Waals surface area contributed by atoms with Crippen LogP contribution in [-0.2, 0) is 22.5 Å². The minimum atomic E-state index is -4.66. The highest BCUT2D eigenvalue weighted by Crippen LogP contribution is 2.48. The van der Waals surface area contributed by atoms with Crippen molar-refractivity contribution in [3.8, 4) is 0 Å². The van der Waals surface area contributed by atoms with Crippen LogP contribution in [0.15, 0.2) is 48.5 Å². The van der Waals surface area contributed by atoms with E-state index in [0.29, 0.717) is 29.8 Å². The maximum atomic E-state index is 14.3. The summed E-state index contributed by atoms with van der Waals surface area (Å²) in [5.41, 5.74) is -0.106. The first kappa shape index (κ1) is 21.4. The van der Waals surface area contributed by atoms with Crippen molar-refractivity contribution in [1.82, 2.24) is 4.90 Å². The number of carbonyl (C=O) groups is 2. The molecule has 0 spiro atoms. The molecule has 0 aliphatic carbocycles. The predicted octanol–water partition coefficient (Wildman–Crippen LogP) is 3.82. The summed E-state index contributed by atoms with van der Waals surface area (Å²) in [5.74, 6) is -1.44. The van der Waals surface area contributed by atoms with Crippen molar-refractivity contribution in [2.45, 2.75) is 25.6 Å². The summed E-state index contributed by atoms with van der Waals surface area (Å²) in [7, 11) is 1.26. The lowest BCUT2D eigenvalue weighted by Gasteiger charge is -2.34. The fourth-order valence-electron chi connectivity index (χ4n) is 4.51. The number of likely N-dealkylation sites (tertiary alicyclic amines) is 1. The predicted molar refractivity (Wildman–Crippen MR) is 109 cm³/mol. The molecule has 1 saturated heterocycles. The molecule has 1 fully saturated rings. The molecule has 2 aromatic carbocycles. The number of hydrogen-bond donors (Lipinski definition) is 0. The molecule has 1 atom stereocenters. The summed E-state index contributed by atoms with van der Waals surface area (Å²) in [6.45, 7) is 0.360. The van der Waals surface area contributed by atoms with Crippen LogP contribution in [0.4, 0.5) is 18.9 Å². The van der Waals surface area contributed by atoms with E-state index in [4.69, 9.17) is 4.74 Å². The minimum Gasteiger partial charge on any atom is -0.465 e. The first-order valence-electron chi connectivity index (χ1n) is 10.1. The Morgan fingerprint density at radius 1 is 1.10 bits per heavy atom. The molecule has 1 amide bonds. The maximum absolute atomic E-state index is 14.3. The molecule has 0 radical (unpaired) electrons. The van der Waals surface area contributed by atoms with Crippen molar-refractivity contribution < 1.29 is 27.5 Å². The first-order chi connectivity index (χ1) is 14.7. The van der Waals surface area contributed by atoms with E-state index in [1.165, 1.54) is 24.1 Å². The van der Waals surface area contributed by atoms with Crippen LogP contribution in [0.1, 0.15) is 27.9 Å². The SMILES string of the molecule is COC(=O)c1ccc2c(c1)CCN2C(=O)C1(C(F)(F)F)CCN(Cc2ccccc2)C1. The molecule has 0 saturated carbocycles. The maximum Gasteiger partial charge on any atom is 0.404 e. The Labute approximate surface area is 178 Å². The molecular formula is C23H23F3N2O3. The smallest absolute Gasteiger partial charge is 0.404 e. The Balaban J connectivity index is 1.59. The molecule has 1 unspecified atom stereocenters. The van der Waals surface area contributed by atoms with Gasteiger partial charge in [-0.05, 0) is 48.7 Å². The molecule has 8 heteroatoms. The molecule has 2 aliphatic heterocycles. The Morgan fingerprint density at radius 2 is 1.84 bits per heavy atom. The zero-order valence-electron chi connectivity index (χ0n) is 17.1. The highest BCUT2D eigenvalue weighted by Gasteiger charge is 2.64.